The van der Waals surface area contributed by atoms with Gasteiger partial charge in [0.1, 0.15) is 6.61 Å². The molecule has 0 saturated carbocycles. The summed E-state index contributed by atoms with van der Waals surface area (Å²) < 4.78 is 5.01. The van der Waals surface area contributed by atoms with Gasteiger partial charge < -0.3 is 10.1 Å². The van der Waals surface area contributed by atoms with Crippen LogP contribution in [-0.4, -0.2) is 19.1 Å². The Hall–Kier alpha value is -1.61. The molecule has 1 rings (SSSR count). The van der Waals surface area contributed by atoms with E-state index in [0.29, 0.717) is 13.2 Å². The van der Waals surface area contributed by atoms with Crippen LogP contribution in [0.15, 0.2) is 42.0 Å². The molecule has 3 heteroatoms. The minimum atomic E-state index is -0.272. The highest BCUT2D eigenvalue weighted by Crippen LogP contribution is 1.96. The Morgan fingerprint density at radius 1 is 1.29 bits per heavy atom. The molecule has 17 heavy (non-hydrogen) atoms. The van der Waals surface area contributed by atoms with Crippen LogP contribution in [0.1, 0.15) is 19.4 Å². The van der Waals surface area contributed by atoms with Gasteiger partial charge in [-0.15, -0.1) is 0 Å². The molecule has 1 aromatic rings. The monoisotopic (exact) mass is 233 g/mol. The zero-order chi connectivity index (χ0) is 12.5. The van der Waals surface area contributed by atoms with Gasteiger partial charge in [0.25, 0.3) is 0 Å². The molecule has 3 nitrogen and oxygen atoms in total. The molecule has 0 aliphatic heterocycles. The van der Waals surface area contributed by atoms with Crippen LogP contribution in [0.4, 0.5) is 0 Å². The van der Waals surface area contributed by atoms with Crippen LogP contribution >= 0.6 is 0 Å². The molecule has 0 heterocycles. The second-order valence-corrected chi connectivity index (χ2v) is 4.05. The molecule has 0 aliphatic rings. The predicted molar refractivity (Wildman–Crippen MR) is 68.5 cm³/mol. The Balaban J connectivity index is 2.09. The fourth-order valence-corrected chi connectivity index (χ4v) is 1.33. The van der Waals surface area contributed by atoms with Crippen LogP contribution in [-0.2, 0) is 16.1 Å². The number of benzene rings is 1. The number of allylic oxidation sites excluding steroid dienone is 1. The summed E-state index contributed by atoms with van der Waals surface area (Å²) in [4.78, 5) is 11.2. The first-order chi connectivity index (χ1) is 8.18. The number of nitrogens with one attached hydrogen (secondary N) is 1. The van der Waals surface area contributed by atoms with Crippen molar-refractivity contribution in [1.29, 1.82) is 0 Å². The number of rotatable bonds is 6. The minimum absolute atomic E-state index is 0.272. The number of hydrogen-bond acceptors (Lipinski definition) is 3. The second-order valence-electron chi connectivity index (χ2n) is 4.05. The van der Waals surface area contributed by atoms with E-state index in [2.05, 4.69) is 17.4 Å². The molecule has 92 valence electrons. The number of hydrogen-bond donors (Lipinski definition) is 1. The van der Waals surface area contributed by atoms with Crippen molar-refractivity contribution in [2.75, 3.05) is 13.2 Å². The Labute approximate surface area is 102 Å². The van der Waals surface area contributed by atoms with Gasteiger partial charge in [0, 0.05) is 19.2 Å². The van der Waals surface area contributed by atoms with Gasteiger partial charge in [0.15, 0.2) is 0 Å². The van der Waals surface area contributed by atoms with Crippen LogP contribution < -0.4 is 5.32 Å². The zero-order valence-corrected chi connectivity index (χ0v) is 10.4. The normalized spacial score (nSPS) is 9.76. The summed E-state index contributed by atoms with van der Waals surface area (Å²) in [6.07, 6.45) is 1.50. The molecule has 0 fully saturated rings. The van der Waals surface area contributed by atoms with Crippen molar-refractivity contribution < 1.29 is 9.53 Å². The maximum Gasteiger partial charge on any atom is 0.330 e. The summed E-state index contributed by atoms with van der Waals surface area (Å²) in [6, 6.07) is 10.1. The summed E-state index contributed by atoms with van der Waals surface area (Å²) in [7, 11) is 0. The van der Waals surface area contributed by atoms with Crippen LogP contribution in [0.5, 0.6) is 0 Å². The van der Waals surface area contributed by atoms with Crippen molar-refractivity contribution in [3.05, 3.63) is 47.5 Å². The van der Waals surface area contributed by atoms with Gasteiger partial charge in [-0.3, -0.25) is 0 Å². The lowest BCUT2D eigenvalue weighted by Gasteiger charge is -2.05. The van der Waals surface area contributed by atoms with E-state index in [0.717, 1.165) is 12.1 Å². The van der Waals surface area contributed by atoms with Crippen molar-refractivity contribution in [3.8, 4) is 0 Å². The van der Waals surface area contributed by atoms with Crippen LogP contribution in [0.3, 0.4) is 0 Å². The maximum absolute atomic E-state index is 11.2. The van der Waals surface area contributed by atoms with Crippen molar-refractivity contribution in [2.45, 2.75) is 20.4 Å². The fourth-order valence-electron chi connectivity index (χ4n) is 1.33. The number of carbonyl (C=O) groups is 1. The number of carbonyl (C=O) groups excluding carboxylic acids is 1. The summed E-state index contributed by atoms with van der Waals surface area (Å²) in [6.45, 7) is 5.59. The third-order valence-corrected chi connectivity index (χ3v) is 2.10. The van der Waals surface area contributed by atoms with Gasteiger partial charge in [0.05, 0.1) is 0 Å². The molecule has 1 N–H and O–H groups in total. The lowest BCUT2D eigenvalue weighted by atomic mass is 10.2. The Kier molecular flexibility index (Phi) is 6.04. The third-order valence-electron chi connectivity index (χ3n) is 2.10. The molecule has 0 saturated heterocycles. The van der Waals surface area contributed by atoms with Gasteiger partial charge in [0.2, 0.25) is 0 Å². The highest BCUT2D eigenvalue weighted by molar-refractivity contribution is 5.82. The molecule has 0 spiro atoms. The minimum Gasteiger partial charge on any atom is -0.461 e. The standard InChI is InChI=1S/C14H19NO2/c1-12(2)10-14(16)17-9-8-15-11-13-6-4-3-5-7-13/h3-7,10,15H,8-9,11H2,1-2H3. The predicted octanol–water partition coefficient (Wildman–Crippen LogP) is 2.29. The number of esters is 1. The number of ether oxygens (including phenoxy) is 1. The lowest BCUT2D eigenvalue weighted by Crippen LogP contribution is -2.20. The van der Waals surface area contributed by atoms with Gasteiger partial charge in [-0.2, -0.15) is 0 Å². The Bertz CT molecular complexity index is 367. The highest BCUT2D eigenvalue weighted by atomic mass is 16.5. The van der Waals surface area contributed by atoms with Crippen molar-refractivity contribution in [3.63, 3.8) is 0 Å². The first-order valence-electron chi connectivity index (χ1n) is 5.75. The first kappa shape index (κ1) is 13.5. The summed E-state index contributed by atoms with van der Waals surface area (Å²) in [5.41, 5.74) is 2.18. The average molecular weight is 233 g/mol. The molecule has 0 aromatic heterocycles. The molecule has 0 amide bonds. The molecule has 0 aliphatic carbocycles. The topological polar surface area (TPSA) is 38.3 Å². The molecule has 1 aromatic carbocycles. The molecular weight excluding hydrogens is 214 g/mol. The quantitative estimate of drug-likeness (QED) is 0.465. The molecule has 0 bridgehead atoms. The smallest absolute Gasteiger partial charge is 0.330 e. The fraction of sp³-hybridized carbons (Fsp3) is 0.357. The van der Waals surface area contributed by atoms with E-state index in [1.807, 2.05) is 32.0 Å². The molecule has 0 radical (unpaired) electrons. The van der Waals surface area contributed by atoms with E-state index in [1.54, 1.807) is 0 Å². The van der Waals surface area contributed by atoms with E-state index >= 15 is 0 Å². The van der Waals surface area contributed by atoms with Crippen molar-refractivity contribution >= 4 is 5.97 Å². The highest BCUT2D eigenvalue weighted by Gasteiger charge is 1.97. The summed E-state index contributed by atoms with van der Waals surface area (Å²) >= 11 is 0. The third kappa shape index (κ3) is 6.53. The van der Waals surface area contributed by atoms with E-state index in [-0.39, 0.29) is 5.97 Å². The van der Waals surface area contributed by atoms with E-state index in [9.17, 15) is 4.79 Å². The van der Waals surface area contributed by atoms with E-state index < -0.39 is 0 Å². The molecular formula is C14H19NO2. The molecule has 0 unspecified atom stereocenters. The van der Waals surface area contributed by atoms with E-state index in [1.165, 1.54) is 11.6 Å². The van der Waals surface area contributed by atoms with Crippen molar-refractivity contribution in [1.82, 2.24) is 5.32 Å². The average Bonchev–Trinajstić information content (AvgIpc) is 2.29. The van der Waals surface area contributed by atoms with Crippen LogP contribution in [0.2, 0.25) is 0 Å². The van der Waals surface area contributed by atoms with Crippen molar-refractivity contribution in [2.24, 2.45) is 0 Å². The zero-order valence-electron chi connectivity index (χ0n) is 10.4. The van der Waals surface area contributed by atoms with Gasteiger partial charge in [-0.1, -0.05) is 35.9 Å². The maximum atomic E-state index is 11.2. The Morgan fingerprint density at radius 3 is 2.65 bits per heavy atom. The van der Waals surface area contributed by atoms with Gasteiger partial charge in [-0.05, 0) is 19.4 Å². The second kappa shape index (κ2) is 7.63. The largest absolute Gasteiger partial charge is 0.461 e. The van der Waals surface area contributed by atoms with Gasteiger partial charge >= 0.3 is 5.97 Å². The lowest BCUT2D eigenvalue weighted by molar-refractivity contribution is -0.137. The molecule has 0 atom stereocenters. The SMILES string of the molecule is CC(C)=CC(=O)OCCNCc1ccccc1. The first-order valence-corrected chi connectivity index (χ1v) is 5.75. The van der Waals surface area contributed by atoms with Crippen LogP contribution in [0.25, 0.3) is 0 Å². The summed E-state index contributed by atoms with van der Waals surface area (Å²) in [5, 5.41) is 3.21. The van der Waals surface area contributed by atoms with Gasteiger partial charge in [-0.25, -0.2) is 4.79 Å². The van der Waals surface area contributed by atoms with Crippen LogP contribution in [0, 0.1) is 0 Å². The summed E-state index contributed by atoms with van der Waals surface area (Å²) in [5.74, 6) is -0.272. The Morgan fingerprint density at radius 2 is 2.00 bits per heavy atom. The van der Waals surface area contributed by atoms with E-state index in [4.69, 9.17) is 4.74 Å².